The lowest BCUT2D eigenvalue weighted by Crippen LogP contribution is -1.95. The molecule has 0 N–H and O–H groups in total. The van der Waals surface area contributed by atoms with Crippen LogP contribution in [0.5, 0.6) is 0 Å². The molecule has 0 saturated heterocycles. The zero-order chi connectivity index (χ0) is 8.97. The molecule has 1 heterocycles. The summed E-state index contributed by atoms with van der Waals surface area (Å²) in [5.74, 6) is -0.663. The maximum atomic E-state index is 12.8. The van der Waals surface area contributed by atoms with Gasteiger partial charge < -0.3 is 0 Å². The minimum Gasteiger partial charge on any atom is -0.224 e. The molecular formula is C9H9FN2. The molecule has 0 spiro atoms. The number of hydrogen-bond donors (Lipinski definition) is 0. The zero-order valence-electron chi connectivity index (χ0n) is 6.84. The van der Waals surface area contributed by atoms with E-state index in [9.17, 15) is 4.39 Å². The van der Waals surface area contributed by atoms with E-state index in [1.165, 1.54) is 6.07 Å². The van der Waals surface area contributed by atoms with Gasteiger partial charge in [0.05, 0.1) is 0 Å². The summed E-state index contributed by atoms with van der Waals surface area (Å²) in [7, 11) is 0. The summed E-state index contributed by atoms with van der Waals surface area (Å²) in [5, 5.41) is 8.41. The van der Waals surface area contributed by atoms with E-state index in [1.807, 2.05) is 6.92 Å². The van der Waals surface area contributed by atoms with Gasteiger partial charge in [0, 0.05) is 5.69 Å². The third-order valence-corrected chi connectivity index (χ3v) is 1.53. The number of nitriles is 1. The van der Waals surface area contributed by atoms with E-state index in [1.54, 1.807) is 12.1 Å². The van der Waals surface area contributed by atoms with Crippen molar-refractivity contribution >= 4 is 0 Å². The van der Waals surface area contributed by atoms with Crippen molar-refractivity contribution < 1.29 is 4.39 Å². The SMILES string of the molecule is CCCc1ccc(C#N)c(F)n1. The highest BCUT2D eigenvalue weighted by Crippen LogP contribution is 2.06. The Labute approximate surface area is 70.7 Å². The van der Waals surface area contributed by atoms with Crippen LogP contribution in [0.3, 0.4) is 0 Å². The molecule has 0 aliphatic carbocycles. The monoisotopic (exact) mass is 164 g/mol. The van der Waals surface area contributed by atoms with Gasteiger partial charge in [-0.3, -0.25) is 0 Å². The molecule has 0 aromatic carbocycles. The van der Waals surface area contributed by atoms with Crippen LogP contribution in [0.2, 0.25) is 0 Å². The maximum Gasteiger partial charge on any atom is 0.231 e. The highest BCUT2D eigenvalue weighted by molar-refractivity contribution is 5.27. The molecule has 3 heteroatoms. The predicted molar refractivity (Wildman–Crippen MR) is 42.9 cm³/mol. The lowest BCUT2D eigenvalue weighted by molar-refractivity contribution is 0.572. The zero-order valence-corrected chi connectivity index (χ0v) is 6.84. The van der Waals surface area contributed by atoms with Crippen LogP contribution in [0.1, 0.15) is 24.6 Å². The van der Waals surface area contributed by atoms with E-state index in [0.717, 1.165) is 12.8 Å². The fraction of sp³-hybridized carbons (Fsp3) is 0.333. The van der Waals surface area contributed by atoms with Gasteiger partial charge >= 0.3 is 0 Å². The van der Waals surface area contributed by atoms with Crippen molar-refractivity contribution in [3.05, 3.63) is 29.3 Å². The first-order valence-electron chi connectivity index (χ1n) is 3.83. The molecule has 1 aromatic rings. The molecule has 12 heavy (non-hydrogen) atoms. The van der Waals surface area contributed by atoms with E-state index in [2.05, 4.69) is 4.98 Å². The molecule has 0 fully saturated rings. The molecule has 62 valence electrons. The summed E-state index contributed by atoms with van der Waals surface area (Å²) in [6.07, 6.45) is 1.68. The van der Waals surface area contributed by atoms with Crippen molar-refractivity contribution in [2.24, 2.45) is 0 Å². The van der Waals surface area contributed by atoms with Crippen LogP contribution in [0.25, 0.3) is 0 Å². The average Bonchev–Trinajstić information content (AvgIpc) is 2.05. The van der Waals surface area contributed by atoms with Crippen LogP contribution in [-0.2, 0) is 6.42 Å². The van der Waals surface area contributed by atoms with Crippen LogP contribution in [-0.4, -0.2) is 4.98 Å². The number of pyridine rings is 1. The Bertz CT molecular complexity index is 315. The largest absolute Gasteiger partial charge is 0.231 e. The second-order valence-electron chi connectivity index (χ2n) is 2.50. The number of aryl methyl sites for hydroxylation is 1. The van der Waals surface area contributed by atoms with E-state index >= 15 is 0 Å². The Morgan fingerprint density at radius 1 is 1.58 bits per heavy atom. The second-order valence-corrected chi connectivity index (χ2v) is 2.50. The number of nitrogens with zero attached hydrogens (tertiary/aromatic N) is 2. The van der Waals surface area contributed by atoms with Gasteiger partial charge in [-0.15, -0.1) is 0 Å². The quantitative estimate of drug-likeness (QED) is 0.627. The van der Waals surface area contributed by atoms with Crippen LogP contribution >= 0.6 is 0 Å². The van der Waals surface area contributed by atoms with Crippen molar-refractivity contribution in [3.8, 4) is 6.07 Å². The smallest absolute Gasteiger partial charge is 0.224 e. The molecule has 0 atom stereocenters. The summed E-state index contributed by atoms with van der Waals surface area (Å²) < 4.78 is 12.8. The Hall–Kier alpha value is -1.43. The molecule has 0 radical (unpaired) electrons. The van der Waals surface area contributed by atoms with Gasteiger partial charge in [0.15, 0.2) is 0 Å². The van der Waals surface area contributed by atoms with Crippen molar-refractivity contribution in [1.82, 2.24) is 4.98 Å². The Morgan fingerprint density at radius 2 is 2.33 bits per heavy atom. The maximum absolute atomic E-state index is 12.8. The van der Waals surface area contributed by atoms with Crippen LogP contribution in [0.15, 0.2) is 12.1 Å². The topological polar surface area (TPSA) is 36.7 Å². The number of halogens is 1. The van der Waals surface area contributed by atoms with E-state index < -0.39 is 5.95 Å². The van der Waals surface area contributed by atoms with Gasteiger partial charge in [0.25, 0.3) is 0 Å². The first-order chi connectivity index (χ1) is 5.77. The average molecular weight is 164 g/mol. The van der Waals surface area contributed by atoms with Gasteiger partial charge in [0.1, 0.15) is 11.6 Å². The highest BCUT2D eigenvalue weighted by atomic mass is 19.1. The first kappa shape index (κ1) is 8.66. The molecule has 0 bridgehead atoms. The molecule has 1 rings (SSSR count). The van der Waals surface area contributed by atoms with Gasteiger partial charge in [-0.2, -0.15) is 9.65 Å². The summed E-state index contributed by atoms with van der Waals surface area (Å²) in [5.41, 5.74) is 0.712. The van der Waals surface area contributed by atoms with Crippen molar-refractivity contribution in [3.63, 3.8) is 0 Å². The summed E-state index contributed by atoms with van der Waals surface area (Å²) in [6.45, 7) is 2.00. The first-order valence-corrected chi connectivity index (χ1v) is 3.83. The number of aromatic nitrogens is 1. The Morgan fingerprint density at radius 3 is 2.83 bits per heavy atom. The molecule has 0 aliphatic heterocycles. The summed E-state index contributed by atoms with van der Waals surface area (Å²) in [6, 6.07) is 4.88. The minimum atomic E-state index is -0.663. The fourth-order valence-corrected chi connectivity index (χ4v) is 0.951. The molecule has 0 aliphatic rings. The Balaban J connectivity index is 2.96. The predicted octanol–water partition coefficient (Wildman–Crippen LogP) is 2.04. The third-order valence-electron chi connectivity index (χ3n) is 1.53. The molecule has 2 nitrogen and oxygen atoms in total. The Kier molecular flexibility index (Phi) is 2.76. The fourth-order valence-electron chi connectivity index (χ4n) is 0.951. The summed E-state index contributed by atoms with van der Waals surface area (Å²) in [4.78, 5) is 3.64. The standard InChI is InChI=1S/C9H9FN2/c1-2-3-8-5-4-7(6-11)9(10)12-8/h4-5H,2-3H2,1H3. The normalized spacial score (nSPS) is 9.42. The van der Waals surface area contributed by atoms with Crippen molar-refractivity contribution in [2.75, 3.05) is 0 Å². The van der Waals surface area contributed by atoms with Crippen LogP contribution < -0.4 is 0 Å². The third kappa shape index (κ3) is 1.79. The van der Waals surface area contributed by atoms with Crippen LogP contribution in [0.4, 0.5) is 4.39 Å². The molecule has 0 unspecified atom stereocenters. The molecule has 1 aromatic heterocycles. The van der Waals surface area contributed by atoms with Crippen molar-refractivity contribution in [1.29, 1.82) is 5.26 Å². The lowest BCUT2D eigenvalue weighted by Gasteiger charge is -1.97. The van der Waals surface area contributed by atoms with Gasteiger partial charge in [0.2, 0.25) is 5.95 Å². The number of hydrogen-bond acceptors (Lipinski definition) is 2. The van der Waals surface area contributed by atoms with Gasteiger partial charge in [-0.1, -0.05) is 13.3 Å². The second kappa shape index (κ2) is 3.82. The van der Waals surface area contributed by atoms with E-state index in [4.69, 9.17) is 5.26 Å². The molecule has 0 amide bonds. The van der Waals surface area contributed by atoms with E-state index in [-0.39, 0.29) is 5.56 Å². The number of rotatable bonds is 2. The summed E-state index contributed by atoms with van der Waals surface area (Å²) >= 11 is 0. The molecular weight excluding hydrogens is 155 g/mol. The van der Waals surface area contributed by atoms with E-state index in [0.29, 0.717) is 5.69 Å². The lowest BCUT2D eigenvalue weighted by atomic mass is 10.2. The van der Waals surface area contributed by atoms with Gasteiger partial charge in [-0.05, 0) is 18.6 Å². The highest BCUT2D eigenvalue weighted by Gasteiger charge is 2.02. The molecule has 0 saturated carbocycles. The minimum absolute atomic E-state index is 0.00912. The van der Waals surface area contributed by atoms with Gasteiger partial charge in [-0.25, -0.2) is 4.98 Å². The van der Waals surface area contributed by atoms with Crippen molar-refractivity contribution in [2.45, 2.75) is 19.8 Å². The van der Waals surface area contributed by atoms with Crippen LogP contribution in [0, 0.1) is 17.3 Å².